The number of nitrogens with one attached hydrogen (secondary N) is 1. The molecule has 1 aliphatic carbocycles. The van der Waals surface area contributed by atoms with Gasteiger partial charge in [-0.2, -0.15) is 0 Å². The van der Waals surface area contributed by atoms with Crippen LogP contribution < -0.4 is 5.56 Å². The van der Waals surface area contributed by atoms with Gasteiger partial charge in [0, 0.05) is 5.56 Å². The topological polar surface area (TPSA) is 53.1 Å². The number of hydrogen-bond acceptors (Lipinski definition) is 3. The minimum absolute atomic E-state index is 0.0152. The molecule has 0 bridgehead atoms. The molecule has 3 nitrogen and oxygen atoms in total. The van der Waals surface area contributed by atoms with Gasteiger partial charge in [0.15, 0.2) is 0 Å². The predicted octanol–water partition coefficient (Wildman–Crippen LogP) is 5.77. The van der Waals surface area contributed by atoms with Gasteiger partial charge in [-0.3, -0.25) is 4.79 Å². The van der Waals surface area contributed by atoms with Gasteiger partial charge in [0.05, 0.1) is 10.9 Å². The summed E-state index contributed by atoms with van der Waals surface area (Å²) in [6, 6.07) is 15.6. The Morgan fingerprint density at radius 1 is 0.963 bits per heavy atom. The Bertz CT molecular complexity index is 1240. The van der Waals surface area contributed by atoms with E-state index < -0.39 is 0 Å². The lowest BCUT2D eigenvalue weighted by molar-refractivity contribution is 0.483. The smallest absolute Gasteiger partial charge is 0.260 e. The molecule has 2 aromatic heterocycles. The van der Waals surface area contributed by atoms with Crippen LogP contribution >= 0.6 is 22.9 Å². The Balaban J connectivity index is 1.81. The summed E-state index contributed by atoms with van der Waals surface area (Å²) in [5.74, 6) is -0.0152. The summed E-state index contributed by atoms with van der Waals surface area (Å²) in [5.41, 5.74) is 5.14. The summed E-state index contributed by atoms with van der Waals surface area (Å²) in [7, 11) is 0. The van der Waals surface area contributed by atoms with Crippen LogP contribution in [0.5, 0.6) is 5.75 Å². The van der Waals surface area contributed by atoms with Crippen LogP contribution in [0.25, 0.3) is 32.5 Å². The molecule has 2 N–H and O–H groups in total. The Morgan fingerprint density at radius 3 is 2.56 bits per heavy atom. The minimum Gasteiger partial charge on any atom is -0.506 e. The summed E-state index contributed by atoms with van der Waals surface area (Å²) < 4.78 is 0.569. The number of benzene rings is 2. The summed E-state index contributed by atoms with van der Waals surface area (Å²) >= 11 is 7.85. The number of aryl methyl sites for hydroxylation is 2. The Kier molecular flexibility index (Phi) is 3.85. The third-order valence-corrected chi connectivity index (χ3v) is 6.56. The highest BCUT2D eigenvalue weighted by atomic mass is 35.5. The fraction of sp³-hybridized carbons (Fsp3) is 0.136. The molecule has 0 radical (unpaired) electrons. The van der Waals surface area contributed by atoms with Crippen LogP contribution in [-0.2, 0) is 12.8 Å². The van der Waals surface area contributed by atoms with Gasteiger partial charge < -0.3 is 10.1 Å². The molecule has 0 saturated heterocycles. The third-order valence-electron chi connectivity index (χ3n) is 5.24. The van der Waals surface area contributed by atoms with Gasteiger partial charge in [-0.25, -0.2) is 0 Å². The molecule has 0 amide bonds. The Hall–Kier alpha value is -2.56. The second-order valence-electron chi connectivity index (χ2n) is 6.84. The van der Waals surface area contributed by atoms with E-state index in [0.29, 0.717) is 20.1 Å². The van der Waals surface area contributed by atoms with E-state index >= 15 is 0 Å². The zero-order chi connectivity index (χ0) is 18.5. The number of thiophene rings is 1. The molecule has 0 unspecified atom stereocenters. The van der Waals surface area contributed by atoms with Gasteiger partial charge in [0.2, 0.25) is 0 Å². The minimum atomic E-state index is -0.315. The van der Waals surface area contributed by atoms with Crippen LogP contribution in [0.4, 0.5) is 0 Å². The molecular formula is C22H16ClNO2S. The number of aromatic amines is 1. The highest BCUT2D eigenvalue weighted by molar-refractivity contribution is 7.23. The lowest BCUT2D eigenvalue weighted by atomic mass is 9.98. The average Bonchev–Trinajstić information content (AvgIpc) is 3.25. The normalized spacial score (nSPS) is 13.2. The monoisotopic (exact) mass is 393 g/mol. The molecule has 1 aliphatic rings. The number of pyridine rings is 1. The van der Waals surface area contributed by atoms with E-state index in [9.17, 15) is 9.90 Å². The molecule has 5 rings (SSSR count). The van der Waals surface area contributed by atoms with Gasteiger partial charge in [0.1, 0.15) is 14.9 Å². The van der Waals surface area contributed by atoms with Gasteiger partial charge in [0.25, 0.3) is 5.56 Å². The van der Waals surface area contributed by atoms with Crippen molar-refractivity contribution in [3.63, 3.8) is 0 Å². The first kappa shape index (κ1) is 16.6. The van der Waals surface area contributed by atoms with Crippen LogP contribution in [0, 0.1) is 0 Å². The number of hydrogen-bond donors (Lipinski definition) is 2. The van der Waals surface area contributed by atoms with Crippen LogP contribution in [0.2, 0.25) is 4.34 Å². The summed E-state index contributed by atoms with van der Waals surface area (Å²) in [5, 5.41) is 11.7. The van der Waals surface area contributed by atoms with Gasteiger partial charge >= 0.3 is 0 Å². The molecule has 0 atom stereocenters. The van der Waals surface area contributed by atoms with Crippen molar-refractivity contribution in [2.45, 2.75) is 19.3 Å². The summed E-state index contributed by atoms with van der Waals surface area (Å²) in [6.07, 6.45) is 3.36. The zero-order valence-electron chi connectivity index (χ0n) is 14.4. The van der Waals surface area contributed by atoms with Gasteiger partial charge in [-0.15, -0.1) is 11.3 Å². The number of aromatic hydroxyl groups is 1. The molecule has 2 heterocycles. The molecule has 0 aliphatic heterocycles. The van der Waals surface area contributed by atoms with E-state index in [4.69, 9.17) is 11.6 Å². The lowest BCUT2D eigenvalue weighted by Gasteiger charge is -2.09. The predicted molar refractivity (Wildman–Crippen MR) is 112 cm³/mol. The first-order chi connectivity index (χ1) is 13.1. The molecule has 0 saturated carbocycles. The van der Waals surface area contributed by atoms with Gasteiger partial charge in [-0.1, -0.05) is 60.1 Å². The number of rotatable bonds is 2. The summed E-state index contributed by atoms with van der Waals surface area (Å²) in [6.45, 7) is 0. The van der Waals surface area contributed by atoms with Crippen molar-refractivity contribution in [2.24, 2.45) is 0 Å². The molecule has 2 aromatic carbocycles. The van der Waals surface area contributed by atoms with Crippen LogP contribution in [0.15, 0.2) is 53.3 Å². The van der Waals surface area contributed by atoms with Crippen molar-refractivity contribution in [2.75, 3.05) is 0 Å². The van der Waals surface area contributed by atoms with Crippen molar-refractivity contribution in [3.05, 3.63) is 74.3 Å². The molecule has 0 spiro atoms. The van der Waals surface area contributed by atoms with Crippen molar-refractivity contribution in [3.8, 4) is 28.0 Å². The van der Waals surface area contributed by atoms with Gasteiger partial charge in [-0.05, 0) is 41.5 Å². The SMILES string of the molecule is O=c1[nH]c2sc(Cl)c(-c3ccc4c(c3)CCC4)c2c(O)c1-c1ccccc1. The highest BCUT2D eigenvalue weighted by Crippen LogP contribution is 2.47. The van der Waals surface area contributed by atoms with Crippen molar-refractivity contribution < 1.29 is 5.11 Å². The maximum atomic E-state index is 12.6. The van der Waals surface area contributed by atoms with E-state index in [1.54, 1.807) is 0 Å². The number of aromatic nitrogens is 1. The molecule has 4 aromatic rings. The maximum Gasteiger partial charge on any atom is 0.260 e. The number of H-pyrrole nitrogens is 1. The molecule has 27 heavy (non-hydrogen) atoms. The first-order valence-corrected chi connectivity index (χ1v) is 10.1. The number of fused-ring (bicyclic) bond motifs is 2. The standard InChI is InChI=1S/C22H16ClNO2S/c23-20-16(15-10-9-12-7-4-8-14(12)11-15)18-19(25)17(13-5-2-1-3-6-13)21(26)24-22(18)27-20/h1-3,5-6,9-11H,4,7-8H2,(H2,24,25,26). The zero-order valence-corrected chi connectivity index (χ0v) is 16.0. The third kappa shape index (κ3) is 2.59. The second kappa shape index (κ2) is 6.25. The Labute approximate surface area is 164 Å². The second-order valence-corrected chi connectivity index (χ2v) is 8.46. The fourth-order valence-corrected chi connectivity index (χ4v) is 5.35. The lowest BCUT2D eigenvalue weighted by Crippen LogP contribution is -2.08. The van der Waals surface area contributed by atoms with E-state index in [0.717, 1.165) is 24.0 Å². The molecular weight excluding hydrogens is 378 g/mol. The van der Waals surface area contributed by atoms with Crippen molar-refractivity contribution in [1.29, 1.82) is 0 Å². The summed E-state index contributed by atoms with van der Waals surface area (Å²) in [4.78, 5) is 16.1. The number of halogens is 1. The quantitative estimate of drug-likeness (QED) is 0.454. The average molecular weight is 394 g/mol. The van der Waals surface area contributed by atoms with Crippen molar-refractivity contribution in [1.82, 2.24) is 4.98 Å². The maximum absolute atomic E-state index is 12.6. The van der Waals surface area contributed by atoms with Crippen LogP contribution in [-0.4, -0.2) is 10.1 Å². The van der Waals surface area contributed by atoms with E-state index in [-0.39, 0.29) is 16.9 Å². The van der Waals surface area contributed by atoms with E-state index in [1.807, 2.05) is 30.3 Å². The van der Waals surface area contributed by atoms with E-state index in [1.165, 1.54) is 28.9 Å². The van der Waals surface area contributed by atoms with E-state index in [2.05, 4.69) is 23.2 Å². The molecule has 134 valence electrons. The Morgan fingerprint density at radius 2 is 1.74 bits per heavy atom. The largest absolute Gasteiger partial charge is 0.506 e. The molecule has 0 fully saturated rings. The molecule has 5 heteroatoms. The van der Waals surface area contributed by atoms with Crippen LogP contribution in [0.1, 0.15) is 17.5 Å². The fourth-order valence-electron chi connectivity index (χ4n) is 3.97. The van der Waals surface area contributed by atoms with Crippen LogP contribution in [0.3, 0.4) is 0 Å². The van der Waals surface area contributed by atoms with Crippen molar-refractivity contribution >= 4 is 33.2 Å². The highest BCUT2D eigenvalue weighted by Gasteiger charge is 2.23. The first-order valence-electron chi connectivity index (χ1n) is 8.88.